The maximum Gasteiger partial charge on any atom is 0.231 e. The van der Waals surface area contributed by atoms with Gasteiger partial charge in [-0.3, -0.25) is 4.98 Å². The highest BCUT2D eigenvalue weighted by atomic mass is 16.5. The summed E-state index contributed by atoms with van der Waals surface area (Å²) in [4.78, 5) is 20.5. The number of methoxy groups -OCH3 is 3. The Hall–Kier alpha value is -4.12. The summed E-state index contributed by atoms with van der Waals surface area (Å²) in [6, 6.07) is 7.44. The number of fused-ring (bicyclic) bond motifs is 1. The zero-order valence-corrected chi connectivity index (χ0v) is 19.8. The molecule has 0 spiro atoms. The lowest BCUT2D eigenvalue weighted by molar-refractivity contribution is 0.266. The zero-order chi connectivity index (χ0) is 24.4. The number of rotatable bonds is 8. The van der Waals surface area contributed by atoms with E-state index in [1.807, 2.05) is 35.0 Å². The van der Waals surface area contributed by atoms with Crippen molar-refractivity contribution in [1.29, 1.82) is 0 Å². The van der Waals surface area contributed by atoms with E-state index in [1.54, 1.807) is 33.9 Å². The van der Waals surface area contributed by atoms with Crippen LogP contribution in [-0.4, -0.2) is 70.1 Å². The van der Waals surface area contributed by atoms with E-state index in [2.05, 4.69) is 25.2 Å². The molecule has 4 aromatic rings. The molecule has 0 radical (unpaired) electrons. The Morgan fingerprint density at radius 3 is 2.60 bits per heavy atom. The number of hydrogen-bond acceptors (Lipinski definition) is 10. The van der Waals surface area contributed by atoms with E-state index in [0.29, 0.717) is 45.9 Å². The number of hydrogen-bond donors (Lipinski definition) is 2. The van der Waals surface area contributed by atoms with Gasteiger partial charge in [-0.1, -0.05) is 0 Å². The topological polar surface area (TPSA) is 120 Å². The molecule has 35 heavy (non-hydrogen) atoms. The maximum absolute atomic E-state index is 9.83. The average Bonchev–Trinajstić information content (AvgIpc) is 3.57. The zero-order valence-electron chi connectivity index (χ0n) is 19.8. The summed E-state index contributed by atoms with van der Waals surface area (Å²) in [6.45, 7) is 0.878. The van der Waals surface area contributed by atoms with E-state index in [-0.39, 0.29) is 12.6 Å². The Kier molecular flexibility index (Phi) is 6.23. The summed E-state index contributed by atoms with van der Waals surface area (Å²) < 4.78 is 18.2. The fourth-order valence-corrected chi connectivity index (χ4v) is 4.37. The number of aliphatic hydroxyl groups is 1. The molecule has 11 nitrogen and oxygen atoms in total. The molecule has 0 saturated carbocycles. The summed E-state index contributed by atoms with van der Waals surface area (Å²) in [5.74, 6) is 3.28. The molecule has 1 aliphatic rings. The number of aromatic nitrogens is 5. The van der Waals surface area contributed by atoms with Crippen LogP contribution < -0.4 is 24.4 Å². The van der Waals surface area contributed by atoms with Gasteiger partial charge in [-0.05, 0) is 25.0 Å². The number of pyridine rings is 1. The van der Waals surface area contributed by atoms with Crippen molar-refractivity contribution in [2.24, 2.45) is 0 Å². The predicted octanol–water partition coefficient (Wildman–Crippen LogP) is 2.94. The van der Waals surface area contributed by atoms with Crippen molar-refractivity contribution in [1.82, 2.24) is 24.5 Å². The second-order valence-corrected chi connectivity index (χ2v) is 8.09. The smallest absolute Gasteiger partial charge is 0.231 e. The molecular formula is C24H27N7O4. The van der Waals surface area contributed by atoms with Gasteiger partial charge in [0.05, 0.1) is 51.4 Å². The Balaban J connectivity index is 1.48. The third kappa shape index (κ3) is 4.26. The molecule has 3 aromatic heterocycles. The molecule has 11 heteroatoms. The first-order valence-electron chi connectivity index (χ1n) is 11.3. The van der Waals surface area contributed by atoms with Crippen LogP contribution in [-0.2, 0) is 0 Å². The van der Waals surface area contributed by atoms with Crippen molar-refractivity contribution in [3.05, 3.63) is 43.0 Å². The van der Waals surface area contributed by atoms with Crippen LogP contribution in [0.25, 0.3) is 16.7 Å². The standard InChI is InChI=1S/C24H27N7O4/c1-33-18-10-16(11-19(34-2)22(18)35-3)30-12-20(26-14-30)28-24-27-17-7-4-8-25-21(17)23(29-24)31-9-5-6-15(31)13-32/h4,7-8,10-12,14-15,32H,5-6,9,13H2,1-3H3,(H,27,28,29). The number of nitrogens with zero attached hydrogens (tertiary/aromatic N) is 6. The van der Waals surface area contributed by atoms with Gasteiger partial charge in [0.15, 0.2) is 23.1 Å². The summed E-state index contributed by atoms with van der Waals surface area (Å²) in [5, 5.41) is 13.0. The van der Waals surface area contributed by atoms with Crippen LogP contribution >= 0.6 is 0 Å². The molecule has 1 atom stereocenters. The molecule has 4 heterocycles. The first kappa shape index (κ1) is 22.7. The summed E-state index contributed by atoms with van der Waals surface area (Å²) in [6.07, 6.45) is 7.13. The van der Waals surface area contributed by atoms with Crippen LogP contribution in [0.1, 0.15) is 12.8 Å². The summed E-state index contributed by atoms with van der Waals surface area (Å²) in [5.41, 5.74) is 2.21. The molecule has 1 aromatic carbocycles. The predicted molar refractivity (Wildman–Crippen MR) is 131 cm³/mol. The van der Waals surface area contributed by atoms with E-state index in [9.17, 15) is 5.11 Å². The second kappa shape index (κ2) is 9.63. The molecule has 2 N–H and O–H groups in total. The second-order valence-electron chi connectivity index (χ2n) is 8.09. The number of benzene rings is 1. The summed E-state index contributed by atoms with van der Waals surface area (Å²) >= 11 is 0. The first-order chi connectivity index (χ1) is 17.1. The minimum atomic E-state index is 0.0159. The molecule has 1 unspecified atom stereocenters. The van der Waals surface area contributed by atoms with E-state index in [0.717, 1.165) is 25.1 Å². The van der Waals surface area contributed by atoms with Crippen LogP contribution in [0, 0.1) is 0 Å². The largest absolute Gasteiger partial charge is 0.493 e. The van der Waals surface area contributed by atoms with Crippen molar-refractivity contribution in [2.75, 3.05) is 44.7 Å². The minimum absolute atomic E-state index is 0.0159. The van der Waals surface area contributed by atoms with Gasteiger partial charge in [-0.15, -0.1) is 0 Å². The van der Waals surface area contributed by atoms with Crippen LogP contribution in [0.3, 0.4) is 0 Å². The molecule has 1 aliphatic heterocycles. The molecule has 0 aliphatic carbocycles. The SMILES string of the molecule is COc1cc(-n2cnc(Nc3nc(N4CCCC4CO)c4ncccc4n3)c2)cc(OC)c1OC. The minimum Gasteiger partial charge on any atom is -0.493 e. The van der Waals surface area contributed by atoms with Crippen LogP contribution in [0.4, 0.5) is 17.6 Å². The molecule has 0 amide bonds. The van der Waals surface area contributed by atoms with Gasteiger partial charge < -0.3 is 34.1 Å². The van der Waals surface area contributed by atoms with Crippen LogP contribution in [0.15, 0.2) is 43.0 Å². The van der Waals surface area contributed by atoms with Gasteiger partial charge >= 0.3 is 0 Å². The Morgan fingerprint density at radius 1 is 1.09 bits per heavy atom. The first-order valence-corrected chi connectivity index (χ1v) is 11.3. The fraction of sp³-hybridized carbons (Fsp3) is 0.333. The average molecular weight is 478 g/mol. The maximum atomic E-state index is 9.83. The van der Waals surface area contributed by atoms with Crippen molar-refractivity contribution in [3.8, 4) is 22.9 Å². The van der Waals surface area contributed by atoms with Crippen molar-refractivity contribution in [3.63, 3.8) is 0 Å². The van der Waals surface area contributed by atoms with Crippen LogP contribution in [0.2, 0.25) is 0 Å². The highest BCUT2D eigenvalue weighted by Crippen LogP contribution is 2.39. The van der Waals surface area contributed by atoms with E-state index in [4.69, 9.17) is 19.2 Å². The van der Waals surface area contributed by atoms with Gasteiger partial charge in [0.25, 0.3) is 0 Å². The van der Waals surface area contributed by atoms with Crippen molar-refractivity contribution in [2.45, 2.75) is 18.9 Å². The van der Waals surface area contributed by atoms with Gasteiger partial charge in [-0.2, -0.15) is 4.98 Å². The number of anilines is 3. The summed E-state index contributed by atoms with van der Waals surface area (Å²) in [7, 11) is 4.72. The highest BCUT2D eigenvalue weighted by Gasteiger charge is 2.27. The normalized spacial score (nSPS) is 15.4. The lowest BCUT2D eigenvalue weighted by atomic mass is 10.2. The van der Waals surface area contributed by atoms with E-state index >= 15 is 0 Å². The fourth-order valence-electron chi connectivity index (χ4n) is 4.37. The lowest BCUT2D eigenvalue weighted by Crippen LogP contribution is -2.33. The molecular weight excluding hydrogens is 450 g/mol. The monoisotopic (exact) mass is 477 g/mol. The van der Waals surface area contributed by atoms with Crippen LogP contribution in [0.5, 0.6) is 17.2 Å². The molecule has 5 rings (SSSR count). The Bertz CT molecular complexity index is 1320. The molecule has 1 fully saturated rings. The molecule has 1 saturated heterocycles. The highest BCUT2D eigenvalue weighted by molar-refractivity contribution is 5.87. The quantitative estimate of drug-likeness (QED) is 0.392. The third-order valence-corrected chi connectivity index (χ3v) is 6.07. The van der Waals surface area contributed by atoms with Gasteiger partial charge in [-0.25, -0.2) is 9.97 Å². The van der Waals surface area contributed by atoms with Gasteiger partial charge in [0.1, 0.15) is 11.8 Å². The molecule has 0 bridgehead atoms. The van der Waals surface area contributed by atoms with Gasteiger partial charge in [0, 0.05) is 24.9 Å². The third-order valence-electron chi connectivity index (χ3n) is 6.07. The van der Waals surface area contributed by atoms with Crippen molar-refractivity contribution < 1.29 is 19.3 Å². The molecule has 182 valence electrons. The van der Waals surface area contributed by atoms with Crippen molar-refractivity contribution >= 4 is 28.6 Å². The lowest BCUT2D eigenvalue weighted by Gasteiger charge is -2.25. The Morgan fingerprint density at radius 2 is 1.89 bits per heavy atom. The van der Waals surface area contributed by atoms with Gasteiger partial charge in [0.2, 0.25) is 11.7 Å². The number of imidazole rings is 1. The Labute approximate surface area is 202 Å². The van der Waals surface area contributed by atoms with E-state index in [1.165, 1.54) is 0 Å². The van der Waals surface area contributed by atoms with E-state index < -0.39 is 0 Å². The number of ether oxygens (including phenoxy) is 3. The number of nitrogens with one attached hydrogen (secondary N) is 1. The number of aliphatic hydroxyl groups excluding tert-OH is 1.